The van der Waals surface area contributed by atoms with Crippen LogP contribution in [0.5, 0.6) is 0 Å². The molecule has 2 nitrogen and oxygen atoms in total. The van der Waals surface area contributed by atoms with Gasteiger partial charge in [-0.05, 0) is 82.7 Å². The molecule has 2 aliphatic carbocycles. The van der Waals surface area contributed by atoms with Crippen LogP contribution in [0.1, 0.15) is 52.4 Å². The maximum Gasteiger partial charge on any atom is 0.00388 e. The Kier molecular flexibility index (Phi) is 4.48. The molecule has 1 aliphatic heterocycles. The Bertz CT molecular complexity index is 283. The summed E-state index contributed by atoms with van der Waals surface area (Å²) in [6.45, 7) is 10.0. The Balaban J connectivity index is 1.52. The van der Waals surface area contributed by atoms with Crippen molar-refractivity contribution < 1.29 is 0 Å². The molecular formula is C17H32N2. The molecule has 1 heterocycles. The van der Waals surface area contributed by atoms with Crippen molar-refractivity contribution in [2.24, 2.45) is 23.7 Å². The van der Waals surface area contributed by atoms with E-state index in [1.54, 1.807) is 12.8 Å². The van der Waals surface area contributed by atoms with Gasteiger partial charge in [0, 0.05) is 19.1 Å². The second-order valence-electron chi connectivity index (χ2n) is 7.68. The minimum absolute atomic E-state index is 0.731. The SMILES string of the molecule is CC(C)N(CC1CCNCC1)CC1CC2CCC1C2. The van der Waals surface area contributed by atoms with Gasteiger partial charge in [-0.25, -0.2) is 0 Å². The molecule has 3 rings (SSSR count). The lowest BCUT2D eigenvalue weighted by molar-refractivity contribution is 0.126. The predicted octanol–water partition coefficient (Wildman–Crippen LogP) is 3.13. The zero-order valence-corrected chi connectivity index (χ0v) is 12.9. The maximum atomic E-state index is 3.49. The van der Waals surface area contributed by atoms with E-state index < -0.39 is 0 Å². The van der Waals surface area contributed by atoms with Gasteiger partial charge >= 0.3 is 0 Å². The lowest BCUT2D eigenvalue weighted by atomic mass is 9.87. The number of hydrogen-bond donors (Lipinski definition) is 1. The minimum Gasteiger partial charge on any atom is -0.317 e. The highest BCUT2D eigenvalue weighted by Gasteiger charge is 2.40. The van der Waals surface area contributed by atoms with Crippen LogP contribution in [0.4, 0.5) is 0 Å². The van der Waals surface area contributed by atoms with Gasteiger partial charge in [-0.2, -0.15) is 0 Å². The van der Waals surface area contributed by atoms with Gasteiger partial charge in [0.1, 0.15) is 0 Å². The molecule has 3 unspecified atom stereocenters. The van der Waals surface area contributed by atoms with E-state index in [1.165, 1.54) is 51.9 Å². The molecule has 0 spiro atoms. The van der Waals surface area contributed by atoms with Crippen molar-refractivity contribution in [3.05, 3.63) is 0 Å². The van der Waals surface area contributed by atoms with Gasteiger partial charge in [0.25, 0.3) is 0 Å². The second kappa shape index (κ2) is 6.13. The summed E-state index contributed by atoms with van der Waals surface area (Å²) < 4.78 is 0. The highest BCUT2D eigenvalue weighted by Crippen LogP contribution is 2.48. The lowest BCUT2D eigenvalue weighted by Crippen LogP contribution is -2.42. The van der Waals surface area contributed by atoms with Crippen LogP contribution in [0.3, 0.4) is 0 Å². The zero-order chi connectivity index (χ0) is 13.2. The summed E-state index contributed by atoms with van der Waals surface area (Å²) in [5.74, 6) is 4.16. The second-order valence-corrected chi connectivity index (χ2v) is 7.68. The fourth-order valence-electron chi connectivity index (χ4n) is 4.79. The van der Waals surface area contributed by atoms with Gasteiger partial charge in [0.2, 0.25) is 0 Å². The first kappa shape index (κ1) is 13.9. The third-order valence-corrected chi connectivity index (χ3v) is 6.04. The number of rotatable bonds is 5. The highest BCUT2D eigenvalue weighted by atomic mass is 15.2. The van der Waals surface area contributed by atoms with E-state index in [9.17, 15) is 0 Å². The standard InChI is InChI=1S/C17H32N2/c1-13(2)19(11-14-5-7-18-8-6-14)12-17-10-15-3-4-16(17)9-15/h13-18H,3-12H2,1-2H3. The smallest absolute Gasteiger partial charge is 0.00388 e. The van der Waals surface area contributed by atoms with Crippen LogP contribution in [0.25, 0.3) is 0 Å². The van der Waals surface area contributed by atoms with Crippen LogP contribution >= 0.6 is 0 Å². The van der Waals surface area contributed by atoms with Gasteiger partial charge in [-0.1, -0.05) is 6.42 Å². The monoisotopic (exact) mass is 264 g/mol. The number of fused-ring (bicyclic) bond motifs is 2. The summed E-state index contributed by atoms with van der Waals surface area (Å²) in [5.41, 5.74) is 0. The summed E-state index contributed by atoms with van der Waals surface area (Å²) in [4.78, 5) is 2.81. The summed E-state index contributed by atoms with van der Waals surface area (Å²) in [6, 6.07) is 0.731. The number of nitrogens with zero attached hydrogens (tertiary/aromatic N) is 1. The number of hydrogen-bond acceptors (Lipinski definition) is 2. The first-order valence-electron chi connectivity index (χ1n) is 8.67. The Morgan fingerprint density at radius 2 is 1.79 bits per heavy atom. The molecule has 1 saturated heterocycles. The van der Waals surface area contributed by atoms with E-state index in [0.29, 0.717) is 0 Å². The van der Waals surface area contributed by atoms with Crippen LogP contribution in [0.2, 0.25) is 0 Å². The summed E-state index contributed by atoms with van der Waals surface area (Å²) in [6.07, 6.45) is 8.95. The van der Waals surface area contributed by atoms with Gasteiger partial charge in [0.15, 0.2) is 0 Å². The van der Waals surface area contributed by atoms with Gasteiger partial charge in [-0.3, -0.25) is 0 Å². The van der Waals surface area contributed by atoms with Crippen LogP contribution in [0.15, 0.2) is 0 Å². The molecule has 0 amide bonds. The van der Waals surface area contributed by atoms with Crippen LogP contribution in [0, 0.1) is 23.7 Å². The van der Waals surface area contributed by atoms with E-state index >= 15 is 0 Å². The molecule has 0 aromatic rings. The van der Waals surface area contributed by atoms with Gasteiger partial charge < -0.3 is 10.2 Å². The molecule has 110 valence electrons. The Labute approximate surface area is 119 Å². The quantitative estimate of drug-likeness (QED) is 0.821. The molecule has 19 heavy (non-hydrogen) atoms. The van der Waals surface area contributed by atoms with Crippen molar-refractivity contribution in [1.82, 2.24) is 10.2 Å². The molecule has 3 fully saturated rings. The highest BCUT2D eigenvalue weighted by molar-refractivity contribution is 4.91. The van der Waals surface area contributed by atoms with Crippen molar-refractivity contribution >= 4 is 0 Å². The molecule has 3 atom stereocenters. The van der Waals surface area contributed by atoms with E-state index in [0.717, 1.165) is 29.7 Å². The van der Waals surface area contributed by atoms with Gasteiger partial charge in [-0.15, -0.1) is 0 Å². The minimum atomic E-state index is 0.731. The Morgan fingerprint density at radius 3 is 2.37 bits per heavy atom. The zero-order valence-electron chi connectivity index (χ0n) is 12.9. The average molecular weight is 264 g/mol. The van der Waals surface area contributed by atoms with Crippen LogP contribution in [-0.4, -0.2) is 37.1 Å². The average Bonchev–Trinajstić information content (AvgIpc) is 3.01. The van der Waals surface area contributed by atoms with Gasteiger partial charge in [0.05, 0.1) is 0 Å². The maximum absolute atomic E-state index is 3.49. The van der Waals surface area contributed by atoms with Crippen molar-refractivity contribution in [3.8, 4) is 0 Å². The normalized spacial score (nSPS) is 35.7. The van der Waals surface area contributed by atoms with Crippen LogP contribution < -0.4 is 5.32 Å². The number of piperidine rings is 1. The molecule has 2 heteroatoms. The van der Waals surface area contributed by atoms with Crippen molar-refractivity contribution in [1.29, 1.82) is 0 Å². The molecule has 2 bridgehead atoms. The fraction of sp³-hybridized carbons (Fsp3) is 1.00. The molecule has 1 N–H and O–H groups in total. The van der Waals surface area contributed by atoms with Crippen molar-refractivity contribution in [2.45, 2.75) is 58.4 Å². The van der Waals surface area contributed by atoms with E-state index in [-0.39, 0.29) is 0 Å². The molecule has 0 aromatic carbocycles. The number of nitrogens with one attached hydrogen (secondary N) is 1. The Morgan fingerprint density at radius 1 is 1.00 bits per heavy atom. The summed E-state index contributed by atoms with van der Waals surface area (Å²) in [7, 11) is 0. The predicted molar refractivity (Wildman–Crippen MR) is 81.2 cm³/mol. The fourth-order valence-corrected chi connectivity index (χ4v) is 4.79. The van der Waals surface area contributed by atoms with E-state index in [1.807, 2.05) is 0 Å². The third-order valence-electron chi connectivity index (χ3n) is 6.04. The molecule has 0 aromatic heterocycles. The van der Waals surface area contributed by atoms with Crippen molar-refractivity contribution in [2.75, 3.05) is 26.2 Å². The van der Waals surface area contributed by atoms with Crippen molar-refractivity contribution in [3.63, 3.8) is 0 Å². The topological polar surface area (TPSA) is 15.3 Å². The molecule has 2 saturated carbocycles. The van der Waals surface area contributed by atoms with E-state index in [4.69, 9.17) is 0 Å². The molecular weight excluding hydrogens is 232 g/mol. The Hall–Kier alpha value is -0.0800. The third kappa shape index (κ3) is 3.33. The summed E-state index contributed by atoms with van der Waals surface area (Å²) >= 11 is 0. The van der Waals surface area contributed by atoms with Crippen LogP contribution in [-0.2, 0) is 0 Å². The molecule has 3 aliphatic rings. The summed E-state index contributed by atoms with van der Waals surface area (Å²) in [5, 5.41) is 3.49. The molecule has 0 radical (unpaired) electrons. The first-order chi connectivity index (χ1) is 9.22. The van der Waals surface area contributed by atoms with E-state index in [2.05, 4.69) is 24.1 Å². The lowest BCUT2D eigenvalue weighted by Gasteiger charge is -2.36. The largest absolute Gasteiger partial charge is 0.317 e. The first-order valence-corrected chi connectivity index (χ1v) is 8.67.